The molecule has 28 heavy (non-hydrogen) atoms. The van der Waals surface area contributed by atoms with Crippen LogP contribution in [0.1, 0.15) is 39.0 Å². The third-order valence-electron chi connectivity index (χ3n) is 4.03. The molecule has 0 aliphatic heterocycles. The number of aromatic amines is 1. The Morgan fingerprint density at radius 2 is 2.00 bits per heavy atom. The molecule has 2 heterocycles. The van der Waals surface area contributed by atoms with Crippen LogP contribution in [0.15, 0.2) is 38.4 Å². The van der Waals surface area contributed by atoms with Crippen molar-refractivity contribution in [1.82, 2.24) is 15.2 Å². The van der Waals surface area contributed by atoms with Gasteiger partial charge in [0.25, 0.3) is 5.22 Å². The molecule has 9 heteroatoms. The number of H-pyrrole nitrogens is 1. The number of hydrogen-bond acceptors (Lipinski definition) is 7. The van der Waals surface area contributed by atoms with Crippen LogP contribution in [0.25, 0.3) is 11.5 Å². The van der Waals surface area contributed by atoms with Gasteiger partial charge in [0.15, 0.2) is 5.78 Å². The van der Waals surface area contributed by atoms with Crippen molar-refractivity contribution < 1.29 is 18.7 Å². The van der Waals surface area contributed by atoms with E-state index in [1.165, 1.54) is 0 Å². The van der Waals surface area contributed by atoms with E-state index in [1.807, 2.05) is 24.3 Å². The first-order valence-corrected chi connectivity index (χ1v) is 10.3. The zero-order valence-corrected chi connectivity index (χ0v) is 17.9. The molecule has 1 aromatic carbocycles. The number of hydrogen-bond donors (Lipinski definition) is 1. The van der Waals surface area contributed by atoms with Crippen molar-refractivity contribution in [2.75, 3.05) is 12.4 Å². The zero-order valence-electron chi connectivity index (χ0n) is 15.5. The van der Waals surface area contributed by atoms with Gasteiger partial charge in [0.05, 0.1) is 29.2 Å². The maximum absolute atomic E-state index is 12.6. The Bertz CT molecular complexity index is 1030. The number of carbonyl (C=O) groups is 2. The third kappa shape index (κ3) is 4.20. The van der Waals surface area contributed by atoms with E-state index in [2.05, 4.69) is 31.1 Å². The monoisotopic (exact) mass is 463 g/mol. The average Bonchev–Trinajstić information content (AvgIpc) is 3.24. The van der Waals surface area contributed by atoms with Gasteiger partial charge in [0.1, 0.15) is 0 Å². The lowest BCUT2D eigenvalue weighted by Crippen LogP contribution is -2.08. The molecule has 0 bridgehead atoms. The third-order valence-corrected chi connectivity index (χ3v) is 5.54. The fourth-order valence-electron chi connectivity index (χ4n) is 2.75. The summed E-state index contributed by atoms with van der Waals surface area (Å²) in [6, 6.07) is 7.51. The summed E-state index contributed by atoms with van der Waals surface area (Å²) in [6.07, 6.45) is 0. The topological polar surface area (TPSA) is 98.1 Å². The molecule has 7 nitrogen and oxygen atoms in total. The first-order chi connectivity index (χ1) is 13.4. The minimum Gasteiger partial charge on any atom is -0.462 e. The van der Waals surface area contributed by atoms with Crippen molar-refractivity contribution in [3.8, 4) is 11.5 Å². The molecule has 0 amide bonds. The lowest BCUT2D eigenvalue weighted by Gasteiger charge is -2.02. The minimum absolute atomic E-state index is 0.0979. The number of Topliss-reactive ketones (excluding diaryl/α,β-unsaturated/α-hetero) is 1. The number of aryl methyl sites for hydroxylation is 1. The SMILES string of the molecule is CCOC(=O)c1c(C)[nH]c(C(=O)CSc2nnc(-c3ccccc3Br)o2)c1C. The van der Waals surface area contributed by atoms with Gasteiger partial charge in [-0.15, -0.1) is 10.2 Å². The minimum atomic E-state index is -0.435. The smallest absolute Gasteiger partial charge is 0.340 e. The van der Waals surface area contributed by atoms with E-state index in [0.717, 1.165) is 21.8 Å². The molecular formula is C19H18BrN3O4S. The fourth-order valence-corrected chi connectivity index (χ4v) is 3.84. The molecule has 0 aliphatic carbocycles. The number of esters is 1. The zero-order chi connectivity index (χ0) is 20.3. The lowest BCUT2D eigenvalue weighted by molar-refractivity contribution is 0.0525. The summed E-state index contributed by atoms with van der Waals surface area (Å²) in [5, 5.41) is 8.31. The largest absolute Gasteiger partial charge is 0.462 e. The average molecular weight is 464 g/mol. The van der Waals surface area contributed by atoms with Gasteiger partial charge in [0.2, 0.25) is 5.89 Å². The van der Waals surface area contributed by atoms with Crippen molar-refractivity contribution in [3.63, 3.8) is 0 Å². The van der Waals surface area contributed by atoms with Crippen molar-refractivity contribution in [2.24, 2.45) is 0 Å². The number of aromatic nitrogens is 3. The molecule has 0 spiro atoms. The molecule has 0 fully saturated rings. The second-order valence-corrected chi connectivity index (χ2v) is 7.69. The van der Waals surface area contributed by atoms with Crippen LogP contribution < -0.4 is 0 Å². The molecule has 0 saturated heterocycles. The summed E-state index contributed by atoms with van der Waals surface area (Å²) in [5.74, 6) is -0.128. The van der Waals surface area contributed by atoms with Gasteiger partial charge in [0, 0.05) is 10.2 Å². The van der Waals surface area contributed by atoms with Crippen molar-refractivity contribution in [1.29, 1.82) is 0 Å². The molecule has 2 aromatic heterocycles. The summed E-state index contributed by atoms with van der Waals surface area (Å²) in [5.41, 5.74) is 2.77. The van der Waals surface area contributed by atoms with Crippen LogP contribution in [-0.2, 0) is 4.74 Å². The Labute approximate surface area is 174 Å². The van der Waals surface area contributed by atoms with Crippen LogP contribution in [0.4, 0.5) is 0 Å². The Balaban J connectivity index is 1.71. The van der Waals surface area contributed by atoms with Crippen LogP contribution in [0, 0.1) is 13.8 Å². The van der Waals surface area contributed by atoms with Crippen molar-refractivity contribution in [3.05, 3.63) is 51.3 Å². The van der Waals surface area contributed by atoms with E-state index in [0.29, 0.717) is 33.6 Å². The van der Waals surface area contributed by atoms with Crippen LogP contribution in [0.2, 0.25) is 0 Å². The predicted octanol–water partition coefficient (Wildman–Crippen LogP) is 4.60. The maximum Gasteiger partial charge on any atom is 0.340 e. The number of ether oxygens (including phenoxy) is 1. The van der Waals surface area contributed by atoms with Gasteiger partial charge in [-0.1, -0.05) is 23.9 Å². The Kier molecular flexibility index (Phi) is 6.35. The first-order valence-electron chi connectivity index (χ1n) is 8.53. The second kappa shape index (κ2) is 8.74. The normalized spacial score (nSPS) is 10.9. The highest BCUT2D eigenvalue weighted by Gasteiger charge is 2.23. The van der Waals surface area contributed by atoms with Gasteiger partial charge in [-0.25, -0.2) is 4.79 Å². The Morgan fingerprint density at radius 3 is 2.71 bits per heavy atom. The first kappa shape index (κ1) is 20.3. The maximum atomic E-state index is 12.6. The highest BCUT2D eigenvalue weighted by Crippen LogP contribution is 2.29. The van der Waals surface area contributed by atoms with E-state index in [9.17, 15) is 9.59 Å². The number of nitrogens with zero attached hydrogens (tertiary/aromatic N) is 2. The van der Waals surface area contributed by atoms with Gasteiger partial charge >= 0.3 is 5.97 Å². The summed E-state index contributed by atoms with van der Waals surface area (Å²) in [6.45, 7) is 5.49. The number of rotatable bonds is 7. The number of nitrogens with one attached hydrogen (secondary N) is 1. The summed E-state index contributed by atoms with van der Waals surface area (Å²) >= 11 is 4.59. The highest BCUT2D eigenvalue weighted by atomic mass is 79.9. The number of thioether (sulfide) groups is 1. The van der Waals surface area contributed by atoms with E-state index in [4.69, 9.17) is 9.15 Å². The van der Waals surface area contributed by atoms with Gasteiger partial charge in [-0.2, -0.15) is 0 Å². The molecule has 0 saturated carbocycles. The molecule has 3 rings (SSSR count). The van der Waals surface area contributed by atoms with E-state index in [-0.39, 0.29) is 18.1 Å². The number of benzene rings is 1. The van der Waals surface area contributed by atoms with Crippen molar-refractivity contribution in [2.45, 2.75) is 26.0 Å². The van der Waals surface area contributed by atoms with E-state index in [1.54, 1.807) is 20.8 Å². The quantitative estimate of drug-likeness (QED) is 0.310. The highest BCUT2D eigenvalue weighted by molar-refractivity contribution is 9.10. The number of carbonyl (C=O) groups excluding carboxylic acids is 2. The molecule has 3 aromatic rings. The van der Waals surface area contributed by atoms with E-state index < -0.39 is 5.97 Å². The lowest BCUT2D eigenvalue weighted by atomic mass is 10.1. The molecule has 0 atom stereocenters. The standard InChI is InChI=1S/C19H18BrN3O4S/c1-4-26-18(25)15-10(2)16(21-11(15)3)14(24)9-28-19-23-22-17(27-19)12-7-5-6-8-13(12)20/h5-8,21H,4,9H2,1-3H3. The summed E-state index contributed by atoms with van der Waals surface area (Å²) < 4.78 is 11.5. The number of halogens is 1. The summed E-state index contributed by atoms with van der Waals surface area (Å²) in [4.78, 5) is 27.7. The Morgan fingerprint density at radius 1 is 1.25 bits per heavy atom. The Hall–Kier alpha value is -2.39. The molecule has 0 aliphatic rings. The fraction of sp³-hybridized carbons (Fsp3) is 0.263. The second-order valence-electron chi connectivity index (χ2n) is 5.91. The molecule has 1 N–H and O–H groups in total. The molecule has 0 radical (unpaired) electrons. The van der Waals surface area contributed by atoms with Crippen LogP contribution in [-0.4, -0.2) is 39.3 Å². The summed E-state index contributed by atoms with van der Waals surface area (Å²) in [7, 11) is 0. The van der Waals surface area contributed by atoms with Crippen molar-refractivity contribution >= 4 is 39.4 Å². The molecule has 146 valence electrons. The molecular weight excluding hydrogens is 446 g/mol. The van der Waals surface area contributed by atoms with Gasteiger partial charge in [-0.05, 0) is 54.4 Å². The molecule has 0 unspecified atom stereocenters. The van der Waals surface area contributed by atoms with E-state index >= 15 is 0 Å². The van der Waals surface area contributed by atoms with Crippen LogP contribution in [0.3, 0.4) is 0 Å². The van der Waals surface area contributed by atoms with Crippen LogP contribution >= 0.6 is 27.7 Å². The van der Waals surface area contributed by atoms with Crippen LogP contribution in [0.5, 0.6) is 0 Å². The van der Waals surface area contributed by atoms with Gasteiger partial charge in [-0.3, -0.25) is 4.79 Å². The number of ketones is 1. The van der Waals surface area contributed by atoms with Gasteiger partial charge < -0.3 is 14.1 Å². The predicted molar refractivity (Wildman–Crippen MR) is 109 cm³/mol.